The average molecular weight is 277 g/mol. The normalized spacial score (nSPS) is 24.0. The Morgan fingerprint density at radius 1 is 1.25 bits per heavy atom. The molecule has 1 saturated carbocycles. The van der Waals surface area contributed by atoms with E-state index in [2.05, 4.69) is 49.0 Å². The van der Waals surface area contributed by atoms with Gasteiger partial charge in [0.05, 0.1) is 11.7 Å². The van der Waals surface area contributed by atoms with E-state index in [9.17, 15) is 0 Å². The van der Waals surface area contributed by atoms with Crippen LogP contribution in [0.5, 0.6) is 0 Å². The number of nitrogens with zero attached hydrogens (tertiary/aromatic N) is 2. The summed E-state index contributed by atoms with van der Waals surface area (Å²) in [7, 11) is 0. The maximum atomic E-state index is 4.46. The van der Waals surface area contributed by atoms with Gasteiger partial charge in [0, 0.05) is 24.3 Å². The first kappa shape index (κ1) is 15.6. The number of hydrogen-bond acceptors (Lipinski definition) is 2. The molecule has 0 unspecified atom stereocenters. The van der Waals surface area contributed by atoms with Crippen molar-refractivity contribution < 1.29 is 0 Å². The van der Waals surface area contributed by atoms with Crippen LogP contribution in [-0.4, -0.2) is 15.8 Å². The fourth-order valence-corrected chi connectivity index (χ4v) is 3.14. The lowest BCUT2D eigenvalue weighted by molar-refractivity contribution is 0.277. The predicted molar refractivity (Wildman–Crippen MR) is 84.7 cm³/mol. The summed E-state index contributed by atoms with van der Waals surface area (Å²) in [4.78, 5) is 0. The summed E-state index contributed by atoms with van der Waals surface area (Å²) in [6.07, 6.45) is 12.5. The Balaban J connectivity index is 1.75. The Kier molecular flexibility index (Phi) is 5.25. The highest BCUT2D eigenvalue weighted by Crippen LogP contribution is 2.27. The third-order valence-electron chi connectivity index (χ3n) is 4.46. The van der Waals surface area contributed by atoms with Gasteiger partial charge in [0.2, 0.25) is 0 Å². The molecule has 1 heterocycles. The van der Waals surface area contributed by atoms with Crippen molar-refractivity contribution >= 4 is 0 Å². The standard InChI is InChI=1S/C17H31N3/c1-5-6-14-7-9-16(10-8-14)18-11-15-12-19-20(13-15)17(2,3)4/h12-14,16,18H,5-11H2,1-4H3. The van der Waals surface area contributed by atoms with Gasteiger partial charge in [-0.15, -0.1) is 0 Å². The van der Waals surface area contributed by atoms with Gasteiger partial charge in [0.15, 0.2) is 0 Å². The first-order valence-electron chi connectivity index (χ1n) is 8.26. The summed E-state index contributed by atoms with van der Waals surface area (Å²) in [6.45, 7) is 9.82. The lowest BCUT2D eigenvalue weighted by Gasteiger charge is -2.29. The smallest absolute Gasteiger partial charge is 0.0543 e. The van der Waals surface area contributed by atoms with Crippen LogP contribution in [0.3, 0.4) is 0 Å². The minimum Gasteiger partial charge on any atom is -0.310 e. The maximum Gasteiger partial charge on any atom is 0.0543 e. The van der Waals surface area contributed by atoms with Gasteiger partial charge in [-0.2, -0.15) is 5.10 Å². The molecule has 3 heteroatoms. The Morgan fingerprint density at radius 2 is 1.95 bits per heavy atom. The molecule has 3 nitrogen and oxygen atoms in total. The second-order valence-corrected chi connectivity index (χ2v) is 7.35. The molecule has 1 aromatic heterocycles. The molecule has 0 amide bonds. The molecule has 0 saturated heterocycles. The van der Waals surface area contributed by atoms with Crippen LogP contribution in [0.2, 0.25) is 0 Å². The van der Waals surface area contributed by atoms with Crippen molar-refractivity contribution in [2.45, 2.75) is 84.3 Å². The highest BCUT2D eigenvalue weighted by molar-refractivity contribution is 5.05. The first-order chi connectivity index (χ1) is 9.49. The highest BCUT2D eigenvalue weighted by atomic mass is 15.3. The summed E-state index contributed by atoms with van der Waals surface area (Å²) in [5.74, 6) is 0.988. The summed E-state index contributed by atoms with van der Waals surface area (Å²) >= 11 is 0. The number of rotatable bonds is 5. The molecule has 2 rings (SSSR count). The van der Waals surface area contributed by atoms with Gasteiger partial charge in [0.1, 0.15) is 0 Å². The maximum absolute atomic E-state index is 4.46. The van der Waals surface area contributed by atoms with Crippen LogP contribution in [0.4, 0.5) is 0 Å². The fourth-order valence-electron chi connectivity index (χ4n) is 3.14. The zero-order valence-corrected chi connectivity index (χ0v) is 13.7. The van der Waals surface area contributed by atoms with Crippen LogP contribution in [-0.2, 0) is 12.1 Å². The van der Waals surface area contributed by atoms with Crippen molar-refractivity contribution in [1.29, 1.82) is 0 Å². The summed E-state index contributed by atoms with van der Waals surface area (Å²) < 4.78 is 2.06. The topological polar surface area (TPSA) is 29.9 Å². The molecule has 1 N–H and O–H groups in total. The minimum atomic E-state index is 0.0798. The third kappa shape index (κ3) is 4.34. The van der Waals surface area contributed by atoms with E-state index in [1.54, 1.807) is 0 Å². The van der Waals surface area contributed by atoms with Crippen molar-refractivity contribution in [3.63, 3.8) is 0 Å². The predicted octanol–water partition coefficient (Wildman–Crippen LogP) is 4.09. The van der Waals surface area contributed by atoms with Crippen LogP contribution >= 0.6 is 0 Å². The molecule has 1 aliphatic carbocycles. The molecule has 0 radical (unpaired) electrons. The van der Waals surface area contributed by atoms with Gasteiger partial charge in [0.25, 0.3) is 0 Å². The average Bonchev–Trinajstić information content (AvgIpc) is 2.87. The molecule has 1 aliphatic rings. The number of aromatic nitrogens is 2. The van der Waals surface area contributed by atoms with Crippen LogP contribution in [0.1, 0.15) is 71.8 Å². The quantitative estimate of drug-likeness (QED) is 0.878. The molecule has 0 aromatic carbocycles. The molecule has 1 fully saturated rings. The Bertz CT molecular complexity index is 395. The van der Waals surface area contributed by atoms with Crippen molar-refractivity contribution in [1.82, 2.24) is 15.1 Å². The van der Waals surface area contributed by atoms with E-state index in [4.69, 9.17) is 0 Å². The van der Waals surface area contributed by atoms with Gasteiger partial charge in [-0.05, 0) is 52.4 Å². The Hall–Kier alpha value is -0.830. The van der Waals surface area contributed by atoms with Gasteiger partial charge in [-0.25, -0.2) is 0 Å². The van der Waals surface area contributed by atoms with E-state index in [1.807, 2.05) is 6.20 Å². The largest absolute Gasteiger partial charge is 0.310 e. The summed E-state index contributed by atoms with van der Waals surface area (Å²) in [5, 5.41) is 8.18. The van der Waals surface area contributed by atoms with Crippen molar-refractivity contribution in [3.05, 3.63) is 18.0 Å². The molecular weight excluding hydrogens is 246 g/mol. The van der Waals surface area contributed by atoms with Gasteiger partial charge < -0.3 is 5.32 Å². The molecule has 0 spiro atoms. The second kappa shape index (κ2) is 6.75. The SMILES string of the molecule is CCCC1CCC(NCc2cnn(C(C)(C)C)c2)CC1. The number of hydrogen-bond donors (Lipinski definition) is 1. The first-order valence-corrected chi connectivity index (χ1v) is 8.26. The van der Waals surface area contributed by atoms with Crippen molar-refractivity contribution in [3.8, 4) is 0 Å². The van der Waals surface area contributed by atoms with Crippen molar-refractivity contribution in [2.75, 3.05) is 0 Å². The Labute approximate surface area is 124 Å². The van der Waals surface area contributed by atoms with Crippen LogP contribution in [0, 0.1) is 5.92 Å². The lowest BCUT2D eigenvalue weighted by atomic mass is 9.83. The van der Waals surface area contributed by atoms with E-state index in [-0.39, 0.29) is 5.54 Å². The molecule has 114 valence electrons. The molecule has 0 aliphatic heterocycles. The third-order valence-corrected chi connectivity index (χ3v) is 4.46. The van der Waals surface area contributed by atoms with E-state index < -0.39 is 0 Å². The van der Waals surface area contributed by atoms with E-state index in [1.165, 1.54) is 44.1 Å². The lowest BCUT2D eigenvalue weighted by Crippen LogP contribution is -2.32. The van der Waals surface area contributed by atoms with Gasteiger partial charge >= 0.3 is 0 Å². The summed E-state index contributed by atoms with van der Waals surface area (Å²) in [6, 6.07) is 0.709. The van der Waals surface area contributed by atoms with Crippen LogP contribution in [0.25, 0.3) is 0 Å². The Morgan fingerprint density at radius 3 is 2.50 bits per heavy atom. The van der Waals surface area contributed by atoms with Crippen molar-refractivity contribution in [2.24, 2.45) is 5.92 Å². The summed E-state index contributed by atoms with van der Waals surface area (Å²) in [5.41, 5.74) is 1.38. The second-order valence-electron chi connectivity index (χ2n) is 7.35. The molecule has 0 bridgehead atoms. The molecule has 20 heavy (non-hydrogen) atoms. The highest BCUT2D eigenvalue weighted by Gasteiger charge is 2.20. The van der Waals surface area contributed by atoms with E-state index in [0.29, 0.717) is 6.04 Å². The molecule has 1 aromatic rings. The van der Waals surface area contributed by atoms with Gasteiger partial charge in [-0.1, -0.05) is 19.8 Å². The van der Waals surface area contributed by atoms with Gasteiger partial charge in [-0.3, -0.25) is 4.68 Å². The molecular formula is C17H31N3. The van der Waals surface area contributed by atoms with E-state index >= 15 is 0 Å². The fraction of sp³-hybridized carbons (Fsp3) is 0.824. The zero-order valence-electron chi connectivity index (χ0n) is 13.7. The monoisotopic (exact) mass is 277 g/mol. The zero-order chi connectivity index (χ0) is 14.6. The molecule has 0 atom stereocenters. The number of nitrogens with one attached hydrogen (secondary N) is 1. The minimum absolute atomic E-state index is 0.0798. The van der Waals surface area contributed by atoms with E-state index in [0.717, 1.165) is 12.5 Å². The van der Waals surface area contributed by atoms with Crippen LogP contribution < -0.4 is 5.32 Å². The van der Waals surface area contributed by atoms with Crippen LogP contribution in [0.15, 0.2) is 12.4 Å².